The number of fused-ring (bicyclic) bond motifs is 2. The molecule has 3 atom stereocenters. The van der Waals surface area contributed by atoms with Crippen molar-refractivity contribution in [3.05, 3.63) is 64.0 Å². The number of nitrogens with zero attached hydrogens (tertiary/aromatic N) is 3. The van der Waals surface area contributed by atoms with E-state index in [1.807, 2.05) is 42.2 Å². The largest absolute Gasteiger partial charge is 0.488 e. The fourth-order valence-electron chi connectivity index (χ4n) is 6.38. The average molecular weight is 562 g/mol. The highest BCUT2D eigenvalue weighted by molar-refractivity contribution is 7.14. The minimum atomic E-state index is -0.651. The van der Waals surface area contributed by atoms with E-state index in [1.54, 1.807) is 11.3 Å². The van der Waals surface area contributed by atoms with Gasteiger partial charge in [-0.15, -0.1) is 11.3 Å². The Morgan fingerprint density at radius 3 is 2.52 bits per heavy atom. The van der Waals surface area contributed by atoms with Crippen LogP contribution in [0.1, 0.15) is 39.9 Å². The molecule has 3 fully saturated rings. The van der Waals surface area contributed by atoms with Gasteiger partial charge in [-0.25, -0.2) is 4.98 Å². The van der Waals surface area contributed by atoms with E-state index in [0.29, 0.717) is 38.5 Å². The number of morpholine rings is 1. The van der Waals surface area contributed by atoms with Gasteiger partial charge < -0.3 is 24.4 Å². The van der Waals surface area contributed by atoms with Gasteiger partial charge >= 0.3 is 5.97 Å². The number of piperidine rings is 1. The lowest BCUT2D eigenvalue weighted by Crippen LogP contribution is -2.44. The molecule has 2 saturated heterocycles. The van der Waals surface area contributed by atoms with Crippen molar-refractivity contribution < 1.29 is 24.2 Å². The Labute approximate surface area is 238 Å². The molecule has 1 N–H and O–H groups in total. The van der Waals surface area contributed by atoms with Crippen molar-refractivity contribution in [3.8, 4) is 17.0 Å². The molecule has 40 heavy (non-hydrogen) atoms. The SMILES string of the molecule is Cc1ccc(OCc2ccc(C(=O)N3CCOCC3)cc2C)c(-c2csc(N3C[C@H]4CC[C@@H](C3)C4C(=O)O)n2)c1. The Bertz CT molecular complexity index is 1400. The second-order valence-corrected chi connectivity index (χ2v) is 12.1. The van der Waals surface area contributed by atoms with E-state index in [9.17, 15) is 14.7 Å². The zero-order valence-corrected chi connectivity index (χ0v) is 23.8. The average Bonchev–Trinajstić information content (AvgIpc) is 3.55. The predicted molar refractivity (Wildman–Crippen MR) is 154 cm³/mol. The highest BCUT2D eigenvalue weighted by atomic mass is 32.1. The van der Waals surface area contributed by atoms with Crippen LogP contribution in [0.25, 0.3) is 11.3 Å². The number of aryl methyl sites for hydroxylation is 2. The fraction of sp³-hybridized carbons (Fsp3) is 0.452. The number of thiazole rings is 1. The number of hydrogen-bond acceptors (Lipinski definition) is 7. The van der Waals surface area contributed by atoms with Crippen molar-refractivity contribution in [2.45, 2.75) is 33.3 Å². The molecule has 9 heteroatoms. The van der Waals surface area contributed by atoms with Gasteiger partial charge in [-0.1, -0.05) is 17.7 Å². The zero-order valence-electron chi connectivity index (χ0n) is 23.0. The summed E-state index contributed by atoms with van der Waals surface area (Å²) in [6, 6.07) is 11.9. The molecule has 0 spiro atoms. The number of carbonyl (C=O) groups excluding carboxylic acids is 1. The van der Waals surface area contributed by atoms with Gasteiger partial charge in [0.25, 0.3) is 5.91 Å². The predicted octanol–water partition coefficient (Wildman–Crippen LogP) is 5.03. The van der Waals surface area contributed by atoms with Gasteiger partial charge in [0, 0.05) is 42.7 Å². The number of carbonyl (C=O) groups is 2. The summed E-state index contributed by atoms with van der Waals surface area (Å²) in [7, 11) is 0. The summed E-state index contributed by atoms with van der Waals surface area (Å²) in [5.74, 6) is 0.323. The van der Waals surface area contributed by atoms with E-state index in [4.69, 9.17) is 14.5 Å². The Morgan fingerprint density at radius 2 is 1.82 bits per heavy atom. The molecule has 8 nitrogen and oxygen atoms in total. The highest BCUT2D eigenvalue weighted by Gasteiger charge is 2.46. The lowest BCUT2D eigenvalue weighted by molar-refractivity contribution is -0.144. The first kappa shape index (κ1) is 26.8. The van der Waals surface area contributed by atoms with Gasteiger partial charge in [0.2, 0.25) is 0 Å². The second-order valence-electron chi connectivity index (χ2n) is 11.2. The number of benzene rings is 2. The number of aliphatic carboxylic acids is 1. The van der Waals surface area contributed by atoms with Crippen molar-refractivity contribution in [2.75, 3.05) is 44.3 Å². The molecule has 210 valence electrons. The Kier molecular flexibility index (Phi) is 7.51. The third-order valence-corrected chi connectivity index (χ3v) is 9.46. The molecular weight excluding hydrogens is 526 g/mol. The minimum absolute atomic E-state index is 0.0409. The maximum absolute atomic E-state index is 12.9. The van der Waals surface area contributed by atoms with Gasteiger partial charge in [0.15, 0.2) is 5.13 Å². The summed E-state index contributed by atoms with van der Waals surface area (Å²) in [6.07, 6.45) is 1.96. The van der Waals surface area contributed by atoms with Crippen molar-refractivity contribution in [1.29, 1.82) is 0 Å². The van der Waals surface area contributed by atoms with Gasteiger partial charge in [-0.3, -0.25) is 9.59 Å². The van der Waals surface area contributed by atoms with Crippen molar-refractivity contribution in [3.63, 3.8) is 0 Å². The molecule has 6 rings (SSSR count). The lowest BCUT2D eigenvalue weighted by Gasteiger charge is -2.35. The smallest absolute Gasteiger partial charge is 0.307 e. The normalized spacial score (nSPS) is 22.4. The molecule has 1 amide bonds. The molecule has 2 aromatic carbocycles. The molecule has 1 aliphatic carbocycles. The first-order chi connectivity index (χ1) is 19.4. The minimum Gasteiger partial charge on any atom is -0.488 e. The van der Waals surface area contributed by atoms with Crippen LogP contribution >= 0.6 is 11.3 Å². The van der Waals surface area contributed by atoms with Crippen LogP contribution in [0.3, 0.4) is 0 Å². The summed E-state index contributed by atoms with van der Waals surface area (Å²) in [5.41, 5.74) is 5.68. The number of amides is 1. The molecule has 1 saturated carbocycles. The molecule has 3 heterocycles. The van der Waals surface area contributed by atoms with Gasteiger partial charge in [0.05, 0.1) is 24.8 Å². The van der Waals surface area contributed by atoms with Crippen LogP contribution in [-0.2, 0) is 16.1 Å². The van der Waals surface area contributed by atoms with E-state index in [0.717, 1.165) is 64.8 Å². The van der Waals surface area contributed by atoms with E-state index < -0.39 is 5.97 Å². The molecule has 2 bridgehead atoms. The third-order valence-electron chi connectivity index (χ3n) is 8.56. The molecule has 3 aromatic rings. The topological polar surface area (TPSA) is 92.2 Å². The summed E-state index contributed by atoms with van der Waals surface area (Å²) in [4.78, 5) is 33.7. The Balaban J connectivity index is 1.16. The fourth-order valence-corrected chi connectivity index (χ4v) is 7.23. The standard InChI is InChI=1S/C31H35N3O5S/c1-19-3-8-27(39-17-24-7-4-21(14-20(24)2)29(35)33-9-11-38-12-10-33)25(13-19)26-18-40-31(32-26)34-15-22-5-6-23(16-34)28(22)30(36)37/h3-4,7-8,13-14,18,22-23,28H,5-6,9-12,15-17H2,1-2H3,(H,36,37)/t22-,23+,28?. The van der Waals surface area contributed by atoms with Crippen LogP contribution < -0.4 is 9.64 Å². The summed E-state index contributed by atoms with van der Waals surface area (Å²) in [6.45, 7) is 8.37. The summed E-state index contributed by atoms with van der Waals surface area (Å²) >= 11 is 1.61. The molecule has 1 aromatic heterocycles. The number of aromatic nitrogens is 1. The monoisotopic (exact) mass is 561 g/mol. The number of anilines is 1. The van der Waals surface area contributed by atoms with Crippen LogP contribution in [0.2, 0.25) is 0 Å². The lowest BCUT2D eigenvalue weighted by atomic mass is 9.85. The number of rotatable bonds is 7. The third kappa shape index (κ3) is 5.32. The first-order valence-corrected chi connectivity index (χ1v) is 14.9. The quantitative estimate of drug-likeness (QED) is 0.433. The van der Waals surface area contributed by atoms with E-state index >= 15 is 0 Å². The molecule has 3 aliphatic rings. The van der Waals surface area contributed by atoms with Crippen molar-refractivity contribution >= 4 is 28.3 Å². The van der Waals surface area contributed by atoms with Gasteiger partial charge in [0.1, 0.15) is 12.4 Å². The number of carboxylic acid groups (broad SMARTS) is 1. The van der Waals surface area contributed by atoms with Crippen molar-refractivity contribution in [2.24, 2.45) is 17.8 Å². The summed E-state index contributed by atoms with van der Waals surface area (Å²) < 4.78 is 11.7. The second kappa shape index (κ2) is 11.2. The van der Waals surface area contributed by atoms with Gasteiger partial charge in [-0.2, -0.15) is 0 Å². The zero-order chi connectivity index (χ0) is 27.8. The molecule has 2 aliphatic heterocycles. The molecular formula is C31H35N3O5S. The van der Waals surface area contributed by atoms with Crippen LogP contribution in [-0.4, -0.2) is 66.3 Å². The number of ether oxygens (including phenoxy) is 2. The van der Waals surface area contributed by atoms with Crippen LogP contribution in [0.15, 0.2) is 41.8 Å². The Hall–Kier alpha value is -3.43. The van der Waals surface area contributed by atoms with E-state index in [1.165, 1.54) is 0 Å². The molecule has 1 unspecified atom stereocenters. The summed E-state index contributed by atoms with van der Waals surface area (Å²) in [5, 5.41) is 12.7. The maximum Gasteiger partial charge on any atom is 0.307 e. The first-order valence-electron chi connectivity index (χ1n) is 14.0. The maximum atomic E-state index is 12.9. The van der Waals surface area contributed by atoms with Crippen LogP contribution in [0, 0.1) is 31.6 Å². The highest BCUT2D eigenvalue weighted by Crippen LogP contribution is 2.44. The van der Waals surface area contributed by atoms with Crippen molar-refractivity contribution in [1.82, 2.24) is 9.88 Å². The van der Waals surface area contributed by atoms with Crippen LogP contribution in [0.5, 0.6) is 5.75 Å². The van der Waals surface area contributed by atoms with E-state index in [2.05, 4.69) is 23.3 Å². The van der Waals surface area contributed by atoms with E-state index in [-0.39, 0.29) is 23.7 Å². The number of carboxylic acids is 1. The van der Waals surface area contributed by atoms with Crippen LogP contribution in [0.4, 0.5) is 5.13 Å². The Morgan fingerprint density at radius 1 is 1.07 bits per heavy atom. The number of hydrogen-bond donors (Lipinski definition) is 1. The van der Waals surface area contributed by atoms with Gasteiger partial charge in [-0.05, 0) is 73.9 Å². The molecule has 0 radical (unpaired) electrons.